The Hall–Kier alpha value is -3.26. The van der Waals surface area contributed by atoms with Crippen molar-refractivity contribution < 1.29 is 52.5 Å². The lowest BCUT2D eigenvalue weighted by Gasteiger charge is -2.25. The van der Waals surface area contributed by atoms with E-state index in [9.17, 15) is 28.8 Å². The lowest BCUT2D eigenvalue weighted by molar-refractivity contribution is -0.152. The molecule has 0 spiro atoms. The molecule has 0 saturated heterocycles. The Morgan fingerprint density at radius 3 is 1.92 bits per heavy atom. The van der Waals surface area contributed by atoms with Gasteiger partial charge in [0, 0.05) is 18.6 Å². The molecule has 210 valence electrons. The predicted molar refractivity (Wildman–Crippen MR) is 138 cm³/mol. The normalized spacial score (nSPS) is 11.5. The number of amides is 1. The third kappa shape index (κ3) is 13.3. The van der Waals surface area contributed by atoms with Gasteiger partial charge < -0.3 is 29.0 Å². The van der Waals surface area contributed by atoms with Crippen molar-refractivity contribution in [2.45, 2.75) is 57.9 Å². The van der Waals surface area contributed by atoms with Crippen LogP contribution in [0.25, 0.3) is 0 Å². The van der Waals surface area contributed by atoms with Crippen LogP contribution in [0.15, 0.2) is 30.3 Å². The predicted octanol–water partition coefficient (Wildman–Crippen LogP) is 3.55. The first-order valence-electron chi connectivity index (χ1n) is 11.5. The van der Waals surface area contributed by atoms with Gasteiger partial charge in [0.25, 0.3) is 0 Å². The van der Waals surface area contributed by atoms with E-state index in [4.69, 9.17) is 14.2 Å². The minimum absolute atomic E-state index is 0.0743. The molecule has 0 aliphatic heterocycles. The number of ether oxygens (including phenoxy) is 5. The third-order valence-corrected chi connectivity index (χ3v) is 6.27. The van der Waals surface area contributed by atoms with Crippen molar-refractivity contribution >= 4 is 57.9 Å². The highest BCUT2D eigenvalue weighted by Crippen LogP contribution is 2.27. The maximum atomic E-state index is 12.9. The lowest BCUT2D eigenvalue weighted by Crippen LogP contribution is -2.50. The van der Waals surface area contributed by atoms with Crippen LogP contribution in [0, 0.1) is 0 Å². The Labute approximate surface area is 228 Å². The van der Waals surface area contributed by atoms with Gasteiger partial charge in [-0.25, -0.2) is 14.4 Å². The van der Waals surface area contributed by atoms with Crippen LogP contribution < -0.4 is 5.32 Å². The van der Waals surface area contributed by atoms with Crippen LogP contribution >= 0.6 is 23.5 Å². The maximum Gasteiger partial charge on any atom is 0.371 e. The molecule has 1 aromatic carbocycles. The summed E-state index contributed by atoms with van der Waals surface area (Å²) in [5.74, 6) is -2.93. The molecule has 0 aromatic heterocycles. The summed E-state index contributed by atoms with van der Waals surface area (Å²) in [7, 11) is 0. The molecule has 0 aliphatic rings. The second-order valence-corrected chi connectivity index (χ2v) is 10.3. The summed E-state index contributed by atoms with van der Waals surface area (Å²) in [4.78, 5) is 72.1. The Balaban J connectivity index is 2.76. The van der Waals surface area contributed by atoms with Crippen molar-refractivity contribution in [2.75, 3.05) is 19.3 Å². The van der Waals surface area contributed by atoms with E-state index < -0.39 is 58.8 Å². The average molecular weight is 574 g/mol. The first-order valence-corrected chi connectivity index (χ1v) is 13.3. The van der Waals surface area contributed by atoms with Crippen molar-refractivity contribution in [3.8, 4) is 0 Å². The zero-order valence-corrected chi connectivity index (χ0v) is 23.1. The van der Waals surface area contributed by atoms with Crippen LogP contribution in [0.4, 0.5) is 9.59 Å². The maximum absolute atomic E-state index is 12.9. The average Bonchev–Trinajstić information content (AvgIpc) is 2.89. The smallest absolute Gasteiger partial charge is 0.371 e. The van der Waals surface area contributed by atoms with Crippen LogP contribution in [-0.4, -0.2) is 64.5 Å². The van der Waals surface area contributed by atoms with Gasteiger partial charge in [0.2, 0.25) is 19.5 Å². The van der Waals surface area contributed by atoms with Crippen molar-refractivity contribution in [2.24, 2.45) is 0 Å². The Morgan fingerprint density at radius 1 is 0.816 bits per heavy atom. The Morgan fingerprint density at radius 2 is 1.37 bits per heavy atom. The summed E-state index contributed by atoms with van der Waals surface area (Å²) in [6.45, 7) is 4.73. The van der Waals surface area contributed by atoms with Gasteiger partial charge in [-0.1, -0.05) is 44.2 Å². The van der Waals surface area contributed by atoms with Gasteiger partial charge in [0.1, 0.15) is 12.6 Å². The fourth-order valence-electron chi connectivity index (χ4n) is 2.30. The van der Waals surface area contributed by atoms with Crippen LogP contribution in [0.2, 0.25) is 0 Å². The number of hydrogen-bond donors (Lipinski definition) is 1. The molecular formula is C24H31NO11S2. The summed E-state index contributed by atoms with van der Waals surface area (Å²) in [5, 5.41) is 0.757. The molecule has 1 N–H and O–H groups in total. The minimum Gasteiger partial charge on any atom is -0.459 e. The van der Waals surface area contributed by atoms with Crippen LogP contribution in [0.5, 0.6) is 0 Å². The molecule has 0 aliphatic carbocycles. The first-order chi connectivity index (χ1) is 18.0. The molecule has 14 heteroatoms. The van der Waals surface area contributed by atoms with Crippen molar-refractivity contribution in [1.82, 2.24) is 5.32 Å². The van der Waals surface area contributed by atoms with E-state index >= 15 is 0 Å². The van der Waals surface area contributed by atoms with Gasteiger partial charge in [-0.15, -0.1) is 0 Å². The van der Waals surface area contributed by atoms with Crippen LogP contribution in [0.3, 0.4) is 0 Å². The van der Waals surface area contributed by atoms with E-state index in [2.05, 4.69) is 14.8 Å². The SMILES string of the molecule is CCC(=O)OCOC(=O)SC[C@H](NC(=O)C(C)(C)SC(=O)OCOC(=O)CC)C(=O)OCc1ccccc1. The topological polar surface area (TPSA) is 161 Å². The fraction of sp³-hybridized carbons (Fsp3) is 0.500. The van der Waals surface area contributed by atoms with Gasteiger partial charge in [-0.2, -0.15) is 0 Å². The molecule has 0 saturated carbocycles. The molecule has 0 unspecified atom stereocenters. The summed E-state index contributed by atoms with van der Waals surface area (Å²) in [6.07, 6.45) is 0.215. The number of carbonyl (C=O) groups is 6. The molecule has 0 radical (unpaired) electrons. The molecular weight excluding hydrogens is 542 g/mol. The standard InChI is InChI=1S/C24H31NO11S2/c1-5-18(26)33-14-35-22(30)37-13-17(20(28)32-12-16-10-8-7-9-11-16)25-21(29)24(3,4)38-23(31)36-15-34-19(27)6-2/h7-11,17H,5-6,12-15H2,1-4H3,(H,25,29)/t17-/m0/s1. The number of esters is 3. The second-order valence-electron chi connectivity index (χ2n) is 7.81. The number of benzene rings is 1. The zero-order chi connectivity index (χ0) is 28.6. The number of carbonyl (C=O) groups excluding carboxylic acids is 6. The molecule has 1 atom stereocenters. The summed E-state index contributed by atoms with van der Waals surface area (Å²) >= 11 is 1.07. The van der Waals surface area contributed by atoms with E-state index in [1.807, 2.05) is 0 Å². The van der Waals surface area contributed by atoms with Gasteiger partial charge in [-0.05, 0) is 42.9 Å². The monoisotopic (exact) mass is 573 g/mol. The Bertz CT molecular complexity index is 969. The van der Waals surface area contributed by atoms with Gasteiger partial charge in [-0.3, -0.25) is 14.4 Å². The summed E-state index contributed by atoms with van der Waals surface area (Å²) in [6, 6.07) is 7.53. The van der Waals surface area contributed by atoms with E-state index in [1.54, 1.807) is 44.2 Å². The highest BCUT2D eigenvalue weighted by atomic mass is 32.2. The molecule has 0 heterocycles. The second kappa shape index (κ2) is 17.3. The van der Waals surface area contributed by atoms with Crippen LogP contribution in [-0.2, 0) is 49.5 Å². The molecule has 38 heavy (non-hydrogen) atoms. The quantitative estimate of drug-likeness (QED) is 0.196. The lowest BCUT2D eigenvalue weighted by atomic mass is 10.2. The van der Waals surface area contributed by atoms with E-state index in [0.717, 1.165) is 0 Å². The van der Waals surface area contributed by atoms with Crippen molar-refractivity contribution in [3.63, 3.8) is 0 Å². The fourth-order valence-corrected chi connectivity index (χ4v) is 3.63. The van der Waals surface area contributed by atoms with Crippen LogP contribution in [0.1, 0.15) is 46.1 Å². The minimum atomic E-state index is -1.41. The number of hydrogen-bond acceptors (Lipinski definition) is 13. The molecule has 0 fully saturated rings. The van der Waals surface area contributed by atoms with Gasteiger partial charge >= 0.3 is 28.5 Å². The molecule has 1 aromatic rings. The van der Waals surface area contributed by atoms with Gasteiger partial charge in [0.15, 0.2) is 0 Å². The molecule has 1 amide bonds. The molecule has 1 rings (SSSR count). The molecule has 0 bridgehead atoms. The molecule has 12 nitrogen and oxygen atoms in total. The van der Waals surface area contributed by atoms with Gasteiger partial charge in [0.05, 0.1) is 4.75 Å². The third-order valence-electron chi connectivity index (χ3n) is 4.44. The summed E-state index contributed by atoms with van der Waals surface area (Å²) in [5.41, 5.74) is 0.707. The van der Waals surface area contributed by atoms with Crippen molar-refractivity contribution in [1.29, 1.82) is 0 Å². The van der Waals surface area contributed by atoms with E-state index in [0.29, 0.717) is 29.1 Å². The highest BCUT2D eigenvalue weighted by molar-refractivity contribution is 8.15. The number of rotatable bonds is 14. The van der Waals surface area contributed by atoms with Crippen molar-refractivity contribution in [3.05, 3.63) is 35.9 Å². The van der Waals surface area contributed by atoms with E-state index in [1.165, 1.54) is 13.8 Å². The zero-order valence-electron chi connectivity index (χ0n) is 21.5. The number of nitrogens with one attached hydrogen (secondary N) is 1. The first kappa shape index (κ1) is 32.8. The highest BCUT2D eigenvalue weighted by Gasteiger charge is 2.36. The largest absolute Gasteiger partial charge is 0.459 e. The number of thioether (sulfide) groups is 2. The summed E-state index contributed by atoms with van der Waals surface area (Å²) < 4.78 is 22.8. The Kier molecular flexibility index (Phi) is 14.9. The van der Waals surface area contributed by atoms with E-state index in [-0.39, 0.29) is 25.2 Å².